The van der Waals surface area contributed by atoms with Gasteiger partial charge in [0.15, 0.2) is 5.96 Å². The minimum Gasteiger partial charge on any atom is -0.379 e. The molecule has 0 saturated heterocycles. The number of hydrogen-bond acceptors (Lipinski definition) is 3. The van der Waals surface area contributed by atoms with E-state index in [-0.39, 0.29) is 17.4 Å². The lowest BCUT2D eigenvalue weighted by atomic mass is 9.89. The monoisotopic (exact) mass is 362 g/mol. The Labute approximate surface area is 157 Å². The van der Waals surface area contributed by atoms with Gasteiger partial charge in [0.25, 0.3) is 5.91 Å². The minimum absolute atomic E-state index is 0.0496. The van der Waals surface area contributed by atoms with Crippen molar-refractivity contribution in [1.82, 2.24) is 16.0 Å². The van der Waals surface area contributed by atoms with Crippen molar-refractivity contribution < 1.29 is 9.53 Å². The highest BCUT2D eigenvalue weighted by atomic mass is 16.5. The number of nitrogens with one attached hydrogen (secondary N) is 3. The zero-order valence-corrected chi connectivity index (χ0v) is 17.0. The van der Waals surface area contributed by atoms with Crippen LogP contribution in [-0.2, 0) is 11.3 Å². The van der Waals surface area contributed by atoms with Crippen LogP contribution >= 0.6 is 0 Å². The fourth-order valence-electron chi connectivity index (χ4n) is 2.47. The molecule has 1 aromatic carbocycles. The predicted molar refractivity (Wildman–Crippen MR) is 108 cm³/mol. The summed E-state index contributed by atoms with van der Waals surface area (Å²) in [5.41, 5.74) is 1.76. The van der Waals surface area contributed by atoms with E-state index < -0.39 is 0 Å². The third-order valence-electron chi connectivity index (χ3n) is 4.02. The molecule has 1 amide bonds. The minimum atomic E-state index is -0.0506. The zero-order chi connectivity index (χ0) is 19.6. The number of rotatable bonds is 8. The van der Waals surface area contributed by atoms with Gasteiger partial charge in [0.05, 0.1) is 12.6 Å². The SMILES string of the molecule is CCNC(=O)c1ccc(CN=C(NCC)NCC(OC)C(C)(C)C)cc1. The van der Waals surface area contributed by atoms with Crippen molar-refractivity contribution in [1.29, 1.82) is 0 Å². The van der Waals surface area contributed by atoms with Crippen LogP contribution in [0.2, 0.25) is 0 Å². The molecule has 6 heteroatoms. The van der Waals surface area contributed by atoms with Crippen LogP contribution in [0.25, 0.3) is 0 Å². The molecule has 0 aliphatic carbocycles. The van der Waals surface area contributed by atoms with E-state index in [1.807, 2.05) is 38.1 Å². The summed E-state index contributed by atoms with van der Waals surface area (Å²) >= 11 is 0. The molecule has 1 aromatic rings. The van der Waals surface area contributed by atoms with Crippen molar-refractivity contribution in [3.8, 4) is 0 Å². The Hall–Kier alpha value is -2.08. The van der Waals surface area contributed by atoms with E-state index in [0.717, 1.165) is 18.1 Å². The smallest absolute Gasteiger partial charge is 0.251 e. The molecule has 0 fully saturated rings. The van der Waals surface area contributed by atoms with E-state index in [1.165, 1.54) is 0 Å². The van der Waals surface area contributed by atoms with E-state index in [0.29, 0.717) is 25.2 Å². The number of carbonyl (C=O) groups is 1. The molecule has 146 valence electrons. The molecule has 26 heavy (non-hydrogen) atoms. The van der Waals surface area contributed by atoms with E-state index >= 15 is 0 Å². The fourth-order valence-corrected chi connectivity index (χ4v) is 2.47. The highest BCUT2D eigenvalue weighted by Crippen LogP contribution is 2.20. The molecule has 0 radical (unpaired) electrons. The van der Waals surface area contributed by atoms with Crippen LogP contribution < -0.4 is 16.0 Å². The number of hydrogen-bond donors (Lipinski definition) is 3. The number of carbonyl (C=O) groups excluding carboxylic acids is 1. The van der Waals surface area contributed by atoms with Gasteiger partial charge in [0, 0.05) is 32.3 Å². The first-order valence-corrected chi connectivity index (χ1v) is 9.23. The maximum atomic E-state index is 11.8. The quantitative estimate of drug-likeness (QED) is 0.491. The lowest BCUT2D eigenvalue weighted by Gasteiger charge is -2.30. The average molecular weight is 363 g/mol. The average Bonchev–Trinajstić information content (AvgIpc) is 2.59. The van der Waals surface area contributed by atoms with Crippen LogP contribution in [0.3, 0.4) is 0 Å². The molecular formula is C20H34N4O2. The van der Waals surface area contributed by atoms with Crippen molar-refractivity contribution in [2.75, 3.05) is 26.7 Å². The van der Waals surface area contributed by atoms with Gasteiger partial charge in [-0.15, -0.1) is 0 Å². The summed E-state index contributed by atoms with van der Waals surface area (Å²) in [5, 5.41) is 9.39. The second-order valence-electron chi connectivity index (χ2n) is 7.22. The van der Waals surface area contributed by atoms with E-state index in [1.54, 1.807) is 7.11 Å². The number of nitrogens with zero attached hydrogens (tertiary/aromatic N) is 1. The number of amides is 1. The van der Waals surface area contributed by atoms with Crippen LogP contribution in [0, 0.1) is 5.41 Å². The molecule has 0 aromatic heterocycles. The summed E-state index contributed by atoms with van der Waals surface area (Å²) in [6.45, 7) is 13.0. The summed E-state index contributed by atoms with van der Waals surface area (Å²) in [7, 11) is 1.73. The molecule has 0 aliphatic rings. The van der Waals surface area contributed by atoms with Gasteiger partial charge in [-0.2, -0.15) is 0 Å². The molecule has 1 atom stereocenters. The number of aliphatic imine (C=N–C) groups is 1. The fraction of sp³-hybridized carbons (Fsp3) is 0.600. The molecule has 0 bridgehead atoms. The van der Waals surface area contributed by atoms with Gasteiger partial charge in [0.2, 0.25) is 0 Å². The summed E-state index contributed by atoms with van der Waals surface area (Å²) in [6.07, 6.45) is 0.0858. The van der Waals surface area contributed by atoms with Crippen molar-refractivity contribution in [3.05, 3.63) is 35.4 Å². The summed E-state index contributed by atoms with van der Waals surface area (Å²) in [6, 6.07) is 7.53. The molecule has 0 saturated carbocycles. The Bertz CT molecular complexity index is 576. The number of guanidine groups is 1. The summed E-state index contributed by atoms with van der Waals surface area (Å²) in [5.74, 6) is 0.706. The Balaban J connectivity index is 2.69. The first-order chi connectivity index (χ1) is 12.3. The maximum absolute atomic E-state index is 11.8. The highest BCUT2D eigenvalue weighted by Gasteiger charge is 2.24. The topological polar surface area (TPSA) is 74.8 Å². The molecule has 0 aliphatic heterocycles. The number of ether oxygens (including phenoxy) is 1. The third kappa shape index (κ3) is 7.44. The molecule has 1 unspecified atom stereocenters. The Morgan fingerprint density at radius 3 is 2.19 bits per heavy atom. The maximum Gasteiger partial charge on any atom is 0.251 e. The number of benzene rings is 1. The second kappa shape index (κ2) is 10.8. The Morgan fingerprint density at radius 2 is 1.69 bits per heavy atom. The van der Waals surface area contributed by atoms with E-state index in [2.05, 4.69) is 41.7 Å². The summed E-state index contributed by atoms with van der Waals surface area (Å²) in [4.78, 5) is 16.4. The van der Waals surface area contributed by atoms with E-state index in [4.69, 9.17) is 4.74 Å². The van der Waals surface area contributed by atoms with Crippen LogP contribution in [0.15, 0.2) is 29.3 Å². The number of methoxy groups -OCH3 is 1. The van der Waals surface area contributed by atoms with Gasteiger partial charge < -0.3 is 20.7 Å². The molecule has 3 N–H and O–H groups in total. The first-order valence-electron chi connectivity index (χ1n) is 9.23. The van der Waals surface area contributed by atoms with E-state index in [9.17, 15) is 4.79 Å². The van der Waals surface area contributed by atoms with Gasteiger partial charge >= 0.3 is 0 Å². The van der Waals surface area contributed by atoms with Gasteiger partial charge in [-0.3, -0.25) is 4.79 Å². The van der Waals surface area contributed by atoms with Crippen LogP contribution in [0.4, 0.5) is 0 Å². The van der Waals surface area contributed by atoms with Gasteiger partial charge in [-0.05, 0) is 37.0 Å². The Kier molecular flexibility index (Phi) is 9.13. The second-order valence-corrected chi connectivity index (χ2v) is 7.22. The normalized spacial score (nSPS) is 13.2. The van der Waals surface area contributed by atoms with Crippen LogP contribution in [-0.4, -0.2) is 44.7 Å². The third-order valence-corrected chi connectivity index (χ3v) is 4.02. The lowest BCUT2D eigenvalue weighted by molar-refractivity contribution is 0.0205. The highest BCUT2D eigenvalue weighted by molar-refractivity contribution is 5.94. The molecule has 0 spiro atoms. The molecule has 1 rings (SSSR count). The van der Waals surface area contributed by atoms with Gasteiger partial charge in [-0.1, -0.05) is 32.9 Å². The van der Waals surface area contributed by atoms with Gasteiger partial charge in [-0.25, -0.2) is 4.99 Å². The standard InChI is InChI=1S/C20H34N4O2/c1-7-21-18(25)16-11-9-15(10-12-16)13-23-19(22-8-2)24-14-17(26-6)20(3,4)5/h9-12,17H,7-8,13-14H2,1-6H3,(H,21,25)(H2,22,23,24). The molecular weight excluding hydrogens is 328 g/mol. The lowest BCUT2D eigenvalue weighted by Crippen LogP contribution is -2.45. The largest absolute Gasteiger partial charge is 0.379 e. The van der Waals surface area contributed by atoms with Crippen molar-refractivity contribution in [2.45, 2.75) is 47.3 Å². The van der Waals surface area contributed by atoms with Crippen molar-refractivity contribution >= 4 is 11.9 Å². The van der Waals surface area contributed by atoms with Crippen molar-refractivity contribution in [3.63, 3.8) is 0 Å². The summed E-state index contributed by atoms with van der Waals surface area (Å²) < 4.78 is 5.58. The zero-order valence-electron chi connectivity index (χ0n) is 17.0. The predicted octanol–water partition coefficient (Wildman–Crippen LogP) is 2.55. The van der Waals surface area contributed by atoms with Gasteiger partial charge in [0.1, 0.15) is 0 Å². The first kappa shape index (κ1) is 22.0. The van der Waals surface area contributed by atoms with Crippen LogP contribution in [0.5, 0.6) is 0 Å². The van der Waals surface area contributed by atoms with Crippen LogP contribution in [0.1, 0.15) is 50.5 Å². The van der Waals surface area contributed by atoms with Crippen molar-refractivity contribution in [2.24, 2.45) is 10.4 Å². The molecule has 6 nitrogen and oxygen atoms in total. The Morgan fingerprint density at radius 1 is 1.08 bits per heavy atom. The molecule has 0 heterocycles.